The summed E-state index contributed by atoms with van der Waals surface area (Å²) in [7, 11) is 3.11. The van der Waals surface area contributed by atoms with Crippen molar-refractivity contribution in [3.63, 3.8) is 0 Å². The first-order chi connectivity index (χ1) is 18.1. The Morgan fingerprint density at radius 2 is 1.54 bits per heavy atom. The van der Waals surface area contributed by atoms with Gasteiger partial charge in [0.2, 0.25) is 11.6 Å². The van der Waals surface area contributed by atoms with Gasteiger partial charge in [-0.2, -0.15) is 0 Å². The molecule has 9 heteroatoms. The number of aromatic nitrogens is 5. The lowest BCUT2D eigenvalue weighted by molar-refractivity contribution is 0.0971. The van der Waals surface area contributed by atoms with Crippen LogP contribution in [0.1, 0.15) is 37.8 Å². The second kappa shape index (κ2) is 8.87. The molecule has 0 atom stereocenters. The molecule has 37 heavy (non-hydrogen) atoms. The van der Waals surface area contributed by atoms with Gasteiger partial charge in [0.25, 0.3) is 0 Å². The standard InChI is InChI=1S/C28H21N5O4/c1-36-19-12-13-22(23(14-19)37-2)28-29-24-25(27(35)21-11-7-6-10-20(21)26(24)34)32(28)15-17-16-33(31-30-17)18-8-4-3-5-9-18/h3-14,16H,15H2,1-2H3. The fourth-order valence-electron chi connectivity index (χ4n) is 4.56. The Hall–Kier alpha value is -5.05. The molecule has 0 amide bonds. The van der Waals surface area contributed by atoms with E-state index in [1.165, 1.54) is 0 Å². The number of carbonyl (C=O) groups is 2. The van der Waals surface area contributed by atoms with E-state index in [1.54, 1.807) is 72.1 Å². The van der Waals surface area contributed by atoms with E-state index in [1.807, 2.05) is 30.3 Å². The molecule has 1 aliphatic rings. The molecule has 0 N–H and O–H groups in total. The molecule has 0 radical (unpaired) electrons. The van der Waals surface area contributed by atoms with Crippen LogP contribution in [0, 0.1) is 0 Å². The average molecular weight is 492 g/mol. The van der Waals surface area contributed by atoms with Gasteiger partial charge in [-0.05, 0) is 24.3 Å². The second-order valence-corrected chi connectivity index (χ2v) is 8.48. The van der Waals surface area contributed by atoms with Crippen molar-refractivity contribution < 1.29 is 19.1 Å². The van der Waals surface area contributed by atoms with Gasteiger partial charge in [0, 0.05) is 17.2 Å². The van der Waals surface area contributed by atoms with E-state index in [-0.39, 0.29) is 29.5 Å². The number of para-hydroxylation sites is 1. The van der Waals surface area contributed by atoms with E-state index in [0.29, 0.717) is 39.7 Å². The lowest BCUT2D eigenvalue weighted by atomic mass is 9.90. The van der Waals surface area contributed by atoms with Crippen LogP contribution in [0.25, 0.3) is 17.1 Å². The van der Waals surface area contributed by atoms with Crippen LogP contribution in [0.3, 0.4) is 0 Å². The third-order valence-corrected chi connectivity index (χ3v) is 6.35. The maximum absolute atomic E-state index is 13.7. The van der Waals surface area contributed by atoms with E-state index in [9.17, 15) is 9.59 Å². The third kappa shape index (κ3) is 3.68. The maximum atomic E-state index is 13.7. The summed E-state index contributed by atoms with van der Waals surface area (Å²) in [6.07, 6.45) is 1.79. The van der Waals surface area contributed by atoms with Crippen molar-refractivity contribution in [3.05, 3.63) is 107 Å². The highest BCUT2D eigenvalue weighted by Gasteiger charge is 2.36. The van der Waals surface area contributed by atoms with Crippen molar-refractivity contribution in [2.45, 2.75) is 6.54 Å². The number of ketones is 2. The van der Waals surface area contributed by atoms with Crippen LogP contribution in [-0.4, -0.2) is 50.3 Å². The number of fused-ring (bicyclic) bond motifs is 2. The zero-order valence-corrected chi connectivity index (χ0v) is 20.1. The summed E-state index contributed by atoms with van der Waals surface area (Å²) in [5.41, 5.74) is 3.06. The molecule has 0 bridgehead atoms. The molecule has 182 valence electrons. The highest BCUT2D eigenvalue weighted by atomic mass is 16.5. The van der Waals surface area contributed by atoms with Crippen LogP contribution in [0.15, 0.2) is 79.0 Å². The number of imidazole rings is 1. The number of benzene rings is 3. The van der Waals surface area contributed by atoms with Gasteiger partial charge in [-0.25, -0.2) is 9.67 Å². The van der Waals surface area contributed by atoms with E-state index in [4.69, 9.17) is 14.5 Å². The number of nitrogens with zero attached hydrogens (tertiary/aromatic N) is 5. The van der Waals surface area contributed by atoms with Crippen molar-refractivity contribution in [2.75, 3.05) is 14.2 Å². The molecule has 0 saturated carbocycles. The van der Waals surface area contributed by atoms with E-state index >= 15 is 0 Å². The van der Waals surface area contributed by atoms with Gasteiger partial charge in [-0.1, -0.05) is 47.7 Å². The zero-order valence-electron chi connectivity index (χ0n) is 20.1. The Morgan fingerprint density at radius 3 is 2.27 bits per heavy atom. The molecule has 3 aromatic carbocycles. The summed E-state index contributed by atoms with van der Waals surface area (Å²) in [5, 5.41) is 8.57. The fraction of sp³-hybridized carbons (Fsp3) is 0.107. The van der Waals surface area contributed by atoms with Gasteiger partial charge in [0.05, 0.1) is 38.2 Å². The topological polar surface area (TPSA) is 101 Å². The molecule has 2 aromatic heterocycles. The Bertz CT molecular complexity index is 1670. The third-order valence-electron chi connectivity index (χ3n) is 6.35. The Labute approximate surface area is 211 Å². The van der Waals surface area contributed by atoms with Crippen LogP contribution < -0.4 is 9.47 Å². The van der Waals surface area contributed by atoms with Gasteiger partial charge < -0.3 is 14.0 Å². The number of hydrogen-bond donors (Lipinski definition) is 0. The number of methoxy groups -OCH3 is 2. The zero-order chi connectivity index (χ0) is 25.5. The fourth-order valence-corrected chi connectivity index (χ4v) is 4.56. The number of ether oxygens (including phenoxy) is 2. The number of hydrogen-bond acceptors (Lipinski definition) is 7. The maximum Gasteiger partial charge on any atom is 0.214 e. The summed E-state index contributed by atoms with van der Waals surface area (Å²) < 4.78 is 14.3. The van der Waals surface area contributed by atoms with Gasteiger partial charge in [0.1, 0.15) is 34.4 Å². The van der Waals surface area contributed by atoms with Crippen LogP contribution in [0.2, 0.25) is 0 Å². The molecule has 0 saturated heterocycles. The molecule has 0 unspecified atom stereocenters. The molecule has 9 nitrogen and oxygen atoms in total. The van der Waals surface area contributed by atoms with Crippen molar-refractivity contribution in [1.82, 2.24) is 24.5 Å². The van der Waals surface area contributed by atoms with E-state index < -0.39 is 0 Å². The first kappa shape index (κ1) is 22.4. The number of rotatable bonds is 6. The van der Waals surface area contributed by atoms with Crippen molar-refractivity contribution in [1.29, 1.82) is 0 Å². The molecule has 0 aliphatic heterocycles. The molecular formula is C28H21N5O4. The SMILES string of the molecule is COc1ccc(-c2nc3c(n2Cc2cn(-c4ccccc4)nn2)C(=O)c2ccccc2C3=O)c(OC)c1. The monoisotopic (exact) mass is 491 g/mol. The summed E-state index contributed by atoms with van der Waals surface area (Å²) in [4.78, 5) is 31.8. The molecule has 6 rings (SSSR count). The summed E-state index contributed by atoms with van der Waals surface area (Å²) in [6, 6.07) is 21.7. The normalized spacial score (nSPS) is 12.3. The first-order valence-corrected chi connectivity index (χ1v) is 11.6. The molecule has 2 heterocycles. The predicted octanol–water partition coefficient (Wildman–Crippen LogP) is 3.97. The van der Waals surface area contributed by atoms with Crippen molar-refractivity contribution in [2.24, 2.45) is 0 Å². The lowest BCUT2D eigenvalue weighted by Crippen LogP contribution is -2.23. The minimum absolute atomic E-state index is 0.104. The molecule has 1 aliphatic carbocycles. The summed E-state index contributed by atoms with van der Waals surface area (Å²) in [6.45, 7) is 0.168. The molecule has 0 spiro atoms. The van der Waals surface area contributed by atoms with Gasteiger partial charge in [0.15, 0.2) is 0 Å². The quantitative estimate of drug-likeness (QED) is 0.347. The second-order valence-electron chi connectivity index (χ2n) is 8.48. The predicted molar refractivity (Wildman–Crippen MR) is 135 cm³/mol. The Morgan fingerprint density at radius 1 is 0.811 bits per heavy atom. The Balaban J connectivity index is 1.53. The molecule has 5 aromatic rings. The first-order valence-electron chi connectivity index (χ1n) is 11.6. The van der Waals surface area contributed by atoms with Crippen LogP contribution >= 0.6 is 0 Å². The summed E-state index contributed by atoms with van der Waals surface area (Å²) >= 11 is 0. The lowest BCUT2D eigenvalue weighted by Gasteiger charge is -2.16. The molecule has 0 fully saturated rings. The van der Waals surface area contributed by atoms with Crippen LogP contribution in [0.5, 0.6) is 11.5 Å². The minimum Gasteiger partial charge on any atom is -0.497 e. The largest absolute Gasteiger partial charge is 0.497 e. The average Bonchev–Trinajstić information content (AvgIpc) is 3.57. The van der Waals surface area contributed by atoms with Gasteiger partial charge in [-0.3, -0.25) is 9.59 Å². The smallest absolute Gasteiger partial charge is 0.214 e. The minimum atomic E-state index is -0.300. The highest BCUT2D eigenvalue weighted by molar-refractivity contribution is 6.27. The van der Waals surface area contributed by atoms with Crippen LogP contribution in [0.4, 0.5) is 0 Å². The highest BCUT2D eigenvalue weighted by Crippen LogP contribution is 2.37. The number of carbonyl (C=O) groups excluding carboxylic acids is 2. The van der Waals surface area contributed by atoms with Crippen molar-refractivity contribution >= 4 is 11.6 Å². The van der Waals surface area contributed by atoms with Gasteiger partial charge in [-0.15, -0.1) is 5.10 Å². The van der Waals surface area contributed by atoms with E-state index in [2.05, 4.69) is 10.3 Å². The van der Waals surface area contributed by atoms with Gasteiger partial charge >= 0.3 is 0 Å². The van der Waals surface area contributed by atoms with E-state index in [0.717, 1.165) is 5.69 Å². The van der Waals surface area contributed by atoms with Crippen molar-refractivity contribution in [3.8, 4) is 28.6 Å². The Kier molecular flexibility index (Phi) is 5.37. The summed E-state index contributed by atoms with van der Waals surface area (Å²) in [5.74, 6) is 0.938. The molecular weight excluding hydrogens is 470 g/mol. The van der Waals surface area contributed by atoms with Crippen LogP contribution in [-0.2, 0) is 6.54 Å².